The minimum atomic E-state index is 0.618. The van der Waals surface area contributed by atoms with Gasteiger partial charge in [0.05, 0.1) is 0 Å². The molecule has 10 aromatic rings. The van der Waals surface area contributed by atoms with Crippen LogP contribution >= 0.6 is 11.3 Å². The summed E-state index contributed by atoms with van der Waals surface area (Å²) in [6, 6.07) is 48.6. The van der Waals surface area contributed by atoms with E-state index in [1.807, 2.05) is 12.1 Å². The van der Waals surface area contributed by atoms with Gasteiger partial charge in [0.15, 0.2) is 17.5 Å². The zero-order chi connectivity index (χ0) is 30.2. The van der Waals surface area contributed by atoms with E-state index in [0.717, 1.165) is 54.8 Å². The van der Waals surface area contributed by atoms with Crippen LogP contribution in [0.5, 0.6) is 0 Å². The van der Waals surface area contributed by atoms with E-state index in [2.05, 4.69) is 127 Å². The van der Waals surface area contributed by atoms with Crippen molar-refractivity contribution in [2.24, 2.45) is 0 Å². The van der Waals surface area contributed by atoms with Crippen molar-refractivity contribution in [3.8, 4) is 34.2 Å². The van der Waals surface area contributed by atoms with Crippen molar-refractivity contribution in [2.45, 2.75) is 0 Å². The number of furan rings is 1. The summed E-state index contributed by atoms with van der Waals surface area (Å²) in [4.78, 5) is 15.5. The Morgan fingerprint density at radius 3 is 1.96 bits per heavy atom. The standard InChI is InChI=1S/C41H23N3OS/c1-2-10-25-21-28(20-19-24(25)9-1)39-42-40(44-41(43-39)32-16-7-14-30-29-13-5-6-18-36(29)46-38(30)32)31-15-8-17-34-37(31)33-22-26-11-3-4-12-27(26)23-35(33)45-34/h1-23H. The van der Waals surface area contributed by atoms with Crippen molar-refractivity contribution in [1.29, 1.82) is 0 Å². The minimum Gasteiger partial charge on any atom is -0.456 e. The molecule has 0 spiro atoms. The van der Waals surface area contributed by atoms with Gasteiger partial charge in [0, 0.05) is 47.6 Å². The first-order chi connectivity index (χ1) is 22.8. The first kappa shape index (κ1) is 25.4. The highest BCUT2D eigenvalue weighted by Gasteiger charge is 2.20. The number of nitrogens with zero attached hydrogens (tertiary/aromatic N) is 3. The van der Waals surface area contributed by atoms with E-state index in [1.165, 1.54) is 25.6 Å². The van der Waals surface area contributed by atoms with Gasteiger partial charge in [-0.25, -0.2) is 15.0 Å². The number of hydrogen-bond donors (Lipinski definition) is 0. The van der Waals surface area contributed by atoms with E-state index in [4.69, 9.17) is 19.4 Å². The van der Waals surface area contributed by atoms with Crippen LogP contribution in [0, 0.1) is 0 Å². The Labute approximate surface area is 267 Å². The third-order valence-corrected chi connectivity index (χ3v) is 10.1. The third kappa shape index (κ3) is 3.89. The number of aromatic nitrogens is 3. The fraction of sp³-hybridized carbons (Fsp3) is 0. The second kappa shape index (κ2) is 9.80. The minimum absolute atomic E-state index is 0.618. The van der Waals surface area contributed by atoms with Crippen LogP contribution in [0.1, 0.15) is 0 Å². The van der Waals surface area contributed by atoms with Gasteiger partial charge < -0.3 is 4.42 Å². The Hall–Kier alpha value is -5.91. The molecular weight excluding hydrogens is 583 g/mol. The SMILES string of the molecule is c1ccc2cc(-c3nc(-c4cccc5c4sc4ccccc45)nc(-c4cccc5oc6cc7ccccc7cc6c45)n3)ccc2c1. The van der Waals surface area contributed by atoms with E-state index < -0.39 is 0 Å². The molecule has 0 aliphatic heterocycles. The van der Waals surface area contributed by atoms with Crippen LogP contribution in [-0.4, -0.2) is 15.0 Å². The lowest BCUT2D eigenvalue weighted by atomic mass is 10.0. The zero-order valence-electron chi connectivity index (χ0n) is 24.4. The first-order valence-electron chi connectivity index (χ1n) is 15.3. The van der Waals surface area contributed by atoms with Gasteiger partial charge in [-0.2, -0.15) is 0 Å². The van der Waals surface area contributed by atoms with Crippen LogP contribution in [0.25, 0.3) is 97.8 Å². The summed E-state index contributed by atoms with van der Waals surface area (Å²) >= 11 is 1.78. The first-order valence-corrected chi connectivity index (χ1v) is 16.1. The highest BCUT2D eigenvalue weighted by atomic mass is 32.1. The van der Waals surface area contributed by atoms with Crippen LogP contribution in [-0.2, 0) is 0 Å². The average molecular weight is 606 g/mol. The van der Waals surface area contributed by atoms with Crippen LogP contribution in [0.15, 0.2) is 144 Å². The summed E-state index contributed by atoms with van der Waals surface area (Å²) in [5.74, 6) is 1.91. The van der Waals surface area contributed by atoms with Crippen molar-refractivity contribution in [2.75, 3.05) is 0 Å². The molecule has 10 rings (SSSR count). The molecule has 0 aliphatic rings. The van der Waals surface area contributed by atoms with Gasteiger partial charge in [-0.05, 0) is 57.9 Å². The predicted molar refractivity (Wildman–Crippen MR) is 191 cm³/mol. The van der Waals surface area contributed by atoms with Gasteiger partial charge in [0.25, 0.3) is 0 Å². The maximum Gasteiger partial charge on any atom is 0.165 e. The van der Waals surface area contributed by atoms with E-state index in [0.29, 0.717) is 17.5 Å². The molecule has 0 N–H and O–H groups in total. The molecule has 3 heterocycles. The van der Waals surface area contributed by atoms with Gasteiger partial charge in [0.1, 0.15) is 11.2 Å². The normalized spacial score (nSPS) is 11.9. The number of thiophene rings is 1. The lowest BCUT2D eigenvalue weighted by Crippen LogP contribution is -2.00. The second-order valence-electron chi connectivity index (χ2n) is 11.6. The monoisotopic (exact) mass is 605 g/mol. The summed E-state index contributed by atoms with van der Waals surface area (Å²) in [6.45, 7) is 0. The number of hydrogen-bond acceptors (Lipinski definition) is 5. The third-order valence-electron chi connectivity index (χ3n) is 8.89. The summed E-state index contributed by atoms with van der Waals surface area (Å²) in [7, 11) is 0. The molecule has 0 radical (unpaired) electrons. The number of benzene rings is 7. The molecule has 0 bridgehead atoms. The van der Waals surface area contributed by atoms with Crippen LogP contribution in [0.3, 0.4) is 0 Å². The Morgan fingerprint density at radius 1 is 0.435 bits per heavy atom. The van der Waals surface area contributed by atoms with Gasteiger partial charge in [-0.15, -0.1) is 11.3 Å². The Bertz CT molecular complexity index is 2830. The van der Waals surface area contributed by atoms with Crippen molar-refractivity contribution in [3.63, 3.8) is 0 Å². The smallest absolute Gasteiger partial charge is 0.165 e. The highest BCUT2D eigenvalue weighted by molar-refractivity contribution is 7.26. The van der Waals surface area contributed by atoms with Crippen LogP contribution in [0.2, 0.25) is 0 Å². The Kier molecular flexibility index (Phi) is 5.41. The van der Waals surface area contributed by atoms with Gasteiger partial charge in [0.2, 0.25) is 0 Å². The summed E-state index contributed by atoms with van der Waals surface area (Å²) in [5.41, 5.74) is 4.52. The van der Waals surface area contributed by atoms with E-state index in [-0.39, 0.29) is 0 Å². The molecule has 0 atom stereocenters. The highest BCUT2D eigenvalue weighted by Crippen LogP contribution is 2.41. The zero-order valence-corrected chi connectivity index (χ0v) is 25.3. The second-order valence-corrected chi connectivity index (χ2v) is 12.7. The fourth-order valence-electron chi connectivity index (χ4n) is 6.70. The molecule has 0 amide bonds. The van der Waals surface area contributed by atoms with Gasteiger partial charge >= 0.3 is 0 Å². The van der Waals surface area contributed by atoms with E-state index in [1.54, 1.807) is 11.3 Å². The molecule has 214 valence electrons. The molecule has 0 aliphatic carbocycles. The molecule has 3 aromatic heterocycles. The maximum atomic E-state index is 6.42. The van der Waals surface area contributed by atoms with Crippen molar-refractivity contribution in [1.82, 2.24) is 15.0 Å². The fourth-order valence-corrected chi connectivity index (χ4v) is 7.91. The molecule has 0 saturated carbocycles. The van der Waals surface area contributed by atoms with Crippen molar-refractivity contribution in [3.05, 3.63) is 140 Å². The molecule has 7 aromatic carbocycles. The largest absolute Gasteiger partial charge is 0.456 e. The molecular formula is C41H23N3OS. The number of rotatable bonds is 3. The lowest BCUT2D eigenvalue weighted by Gasteiger charge is -2.10. The topological polar surface area (TPSA) is 51.8 Å². The molecule has 5 heteroatoms. The Balaban J connectivity index is 1.27. The van der Waals surface area contributed by atoms with Gasteiger partial charge in [-0.1, -0.05) is 103 Å². The quantitative estimate of drug-likeness (QED) is 0.201. The molecule has 0 saturated heterocycles. The van der Waals surface area contributed by atoms with Gasteiger partial charge in [-0.3, -0.25) is 0 Å². The Morgan fingerprint density at radius 2 is 1.09 bits per heavy atom. The van der Waals surface area contributed by atoms with Crippen molar-refractivity contribution < 1.29 is 4.42 Å². The predicted octanol–water partition coefficient (Wildman–Crippen LogP) is 11.4. The van der Waals surface area contributed by atoms with Crippen LogP contribution in [0.4, 0.5) is 0 Å². The summed E-state index contributed by atoms with van der Waals surface area (Å²) in [6.07, 6.45) is 0. The number of fused-ring (bicyclic) bond motifs is 8. The summed E-state index contributed by atoms with van der Waals surface area (Å²) in [5, 5.41) is 9.14. The average Bonchev–Trinajstić information content (AvgIpc) is 3.68. The molecule has 0 fully saturated rings. The maximum absolute atomic E-state index is 6.42. The lowest BCUT2D eigenvalue weighted by molar-refractivity contribution is 0.669. The van der Waals surface area contributed by atoms with E-state index in [9.17, 15) is 0 Å². The molecule has 0 unspecified atom stereocenters. The molecule has 46 heavy (non-hydrogen) atoms. The summed E-state index contributed by atoms with van der Waals surface area (Å²) < 4.78 is 8.84. The van der Waals surface area contributed by atoms with E-state index >= 15 is 0 Å². The van der Waals surface area contributed by atoms with Crippen LogP contribution < -0.4 is 0 Å². The van der Waals surface area contributed by atoms with Crippen molar-refractivity contribution >= 4 is 75.0 Å². The molecule has 4 nitrogen and oxygen atoms in total.